The number of aryl methyl sites for hydroxylation is 1. The lowest BCUT2D eigenvalue weighted by Crippen LogP contribution is -2.37. The molecule has 1 amide bonds. The first-order chi connectivity index (χ1) is 16.9. The fourth-order valence-electron chi connectivity index (χ4n) is 5.25. The highest BCUT2D eigenvalue weighted by molar-refractivity contribution is 6.10. The first-order valence-electron chi connectivity index (χ1n) is 11.8. The number of anilines is 1. The molecule has 0 spiro atoms. The van der Waals surface area contributed by atoms with Gasteiger partial charge in [-0.2, -0.15) is 0 Å². The van der Waals surface area contributed by atoms with Crippen molar-refractivity contribution in [1.82, 2.24) is 5.32 Å². The number of nitrogens with one attached hydrogen (secondary N) is 2. The van der Waals surface area contributed by atoms with Gasteiger partial charge in [-0.05, 0) is 67.1 Å². The standard InChI is InChI=1S/C30H27FN2O2/c1-18-8-6-7-11-24(18)28-27(30(35)33-23-14-12-22(31)13-15-23)19(2)32-25-16-21(17-26(34)29(25)28)20-9-4-3-5-10-20/h3-15,21,28,32H,16-17H2,1-2H3,(H,33,35)/t21-,28-/m1/s1. The number of hydrogen-bond acceptors (Lipinski definition) is 3. The first kappa shape index (κ1) is 22.8. The number of hydrogen-bond donors (Lipinski definition) is 2. The van der Waals surface area contributed by atoms with Crippen molar-refractivity contribution < 1.29 is 14.0 Å². The lowest BCUT2D eigenvalue weighted by atomic mass is 9.71. The molecule has 176 valence electrons. The fraction of sp³-hybridized carbons (Fsp3) is 0.200. The number of benzene rings is 3. The molecule has 1 heterocycles. The summed E-state index contributed by atoms with van der Waals surface area (Å²) >= 11 is 0. The molecule has 0 fully saturated rings. The highest BCUT2D eigenvalue weighted by Crippen LogP contribution is 2.46. The van der Waals surface area contributed by atoms with Gasteiger partial charge in [0.1, 0.15) is 5.82 Å². The zero-order chi connectivity index (χ0) is 24.5. The number of halogens is 1. The van der Waals surface area contributed by atoms with Gasteiger partial charge in [0.2, 0.25) is 0 Å². The van der Waals surface area contributed by atoms with E-state index in [2.05, 4.69) is 22.8 Å². The highest BCUT2D eigenvalue weighted by Gasteiger charge is 2.41. The van der Waals surface area contributed by atoms with E-state index in [0.717, 1.165) is 28.1 Å². The molecule has 0 saturated carbocycles. The minimum absolute atomic E-state index is 0.0560. The first-order valence-corrected chi connectivity index (χ1v) is 11.8. The zero-order valence-corrected chi connectivity index (χ0v) is 19.8. The van der Waals surface area contributed by atoms with E-state index < -0.39 is 5.92 Å². The molecule has 35 heavy (non-hydrogen) atoms. The van der Waals surface area contributed by atoms with Crippen LogP contribution in [0.5, 0.6) is 0 Å². The van der Waals surface area contributed by atoms with Gasteiger partial charge >= 0.3 is 0 Å². The smallest absolute Gasteiger partial charge is 0.254 e. The summed E-state index contributed by atoms with van der Waals surface area (Å²) in [7, 11) is 0. The van der Waals surface area contributed by atoms with Crippen LogP contribution in [-0.2, 0) is 9.59 Å². The molecule has 2 N–H and O–H groups in total. The summed E-state index contributed by atoms with van der Waals surface area (Å²) in [5.41, 5.74) is 6.38. The molecule has 0 unspecified atom stereocenters. The predicted octanol–water partition coefficient (Wildman–Crippen LogP) is 6.13. The molecule has 4 nitrogen and oxygen atoms in total. The third-order valence-electron chi connectivity index (χ3n) is 6.94. The van der Waals surface area contributed by atoms with Crippen LogP contribution in [0.3, 0.4) is 0 Å². The number of dihydropyridines is 1. The maximum Gasteiger partial charge on any atom is 0.254 e. The van der Waals surface area contributed by atoms with E-state index in [4.69, 9.17) is 0 Å². The molecule has 2 aliphatic rings. The van der Waals surface area contributed by atoms with E-state index in [1.165, 1.54) is 24.3 Å². The van der Waals surface area contributed by atoms with Crippen LogP contribution in [0.15, 0.2) is 101 Å². The number of Topliss-reactive ketones (excluding diaryl/α,β-unsaturated/α-hetero) is 1. The van der Waals surface area contributed by atoms with Crippen LogP contribution in [0.1, 0.15) is 48.3 Å². The van der Waals surface area contributed by atoms with Crippen LogP contribution >= 0.6 is 0 Å². The fourth-order valence-corrected chi connectivity index (χ4v) is 5.25. The van der Waals surface area contributed by atoms with Gasteiger partial charge in [0.15, 0.2) is 5.78 Å². The zero-order valence-electron chi connectivity index (χ0n) is 19.8. The van der Waals surface area contributed by atoms with E-state index in [-0.39, 0.29) is 23.4 Å². The topological polar surface area (TPSA) is 58.2 Å². The quantitative estimate of drug-likeness (QED) is 0.486. The Bertz CT molecular complexity index is 1360. The van der Waals surface area contributed by atoms with Gasteiger partial charge in [-0.25, -0.2) is 4.39 Å². The third-order valence-corrected chi connectivity index (χ3v) is 6.94. The van der Waals surface area contributed by atoms with Crippen LogP contribution in [0.25, 0.3) is 0 Å². The molecule has 0 radical (unpaired) electrons. The molecule has 0 saturated heterocycles. The lowest BCUT2D eigenvalue weighted by molar-refractivity contribution is -0.116. The second-order valence-electron chi connectivity index (χ2n) is 9.25. The van der Waals surface area contributed by atoms with Gasteiger partial charge in [-0.15, -0.1) is 0 Å². The molecule has 5 heteroatoms. The van der Waals surface area contributed by atoms with Gasteiger partial charge in [-0.3, -0.25) is 9.59 Å². The van der Waals surface area contributed by atoms with E-state index >= 15 is 0 Å². The monoisotopic (exact) mass is 466 g/mol. The maximum atomic E-state index is 13.7. The van der Waals surface area contributed by atoms with Gasteiger partial charge in [0.25, 0.3) is 5.91 Å². The molecule has 1 aliphatic heterocycles. The molecule has 0 aromatic heterocycles. The van der Waals surface area contributed by atoms with Crippen LogP contribution < -0.4 is 10.6 Å². The molecular formula is C30H27FN2O2. The normalized spacial score (nSPS) is 19.8. The molecule has 1 aliphatic carbocycles. The molecular weight excluding hydrogens is 439 g/mol. The van der Waals surface area contributed by atoms with Gasteiger partial charge in [0, 0.05) is 40.6 Å². The van der Waals surface area contributed by atoms with Gasteiger partial charge in [0.05, 0.1) is 0 Å². The Balaban J connectivity index is 1.57. The van der Waals surface area contributed by atoms with Crippen LogP contribution in [0.4, 0.5) is 10.1 Å². The summed E-state index contributed by atoms with van der Waals surface area (Å²) in [6.45, 7) is 3.88. The Morgan fingerprint density at radius 1 is 0.914 bits per heavy atom. The van der Waals surface area contributed by atoms with Crippen LogP contribution in [0, 0.1) is 12.7 Å². The lowest BCUT2D eigenvalue weighted by Gasteiger charge is -2.37. The summed E-state index contributed by atoms with van der Waals surface area (Å²) in [6, 6.07) is 23.7. The van der Waals surface area contributed by atoms with Crippen molar-refractivity contribution in [1.29, 1.82) is 0 Å². The van der Waals surface area contributed by atoms with Crippen molar-refractivity contribution in [2.75, 3.05) is 5.32 Å². The minimum atomic E-state index is -0.475. The van der Waals surface area contributed by atoms with E-state index in [1.54, 1.807) is 0 Å². The second-order valence-corrected chi connectivity index (χ2v) is 9.25. The Hall–Kier alpha value is -3.99. The Kier molecular flexibility index (Phi) is 6.08. The van der Waals surface area contributed by atoms with Crippen molar-refractivity contribution >= 4 is 17.4 Å². The van der Waals surface area contributed by atoms with Crippen LogP contribution in [0.2, 0.25) is 0 Å². The number of amides is 1. The second kappa shape index (κ2) is 9.34. The average Bonchev–Trinajstić information content (AvgIpc) is 2.85. The minimum Gasteiger partial charge on any atom is -0.362 e. The van der Waals surface area contributed by atoms with Gasteiger partial charge < -0.3 is 10.6 Å². The van der Waals surface area contributed by atoms with Crippen molar-refractivity contribution in [3.8, 4) is 0 Å². The number of ketones is 1. The largest absolute Gasteiger partial charge is 0.362 e. The van der Waals surface area contributed by atoms with E-state index in [0.29, 0.717) is 29.7 Å². The molecule has 3 aromatic rings. The Labute approximate surface area is 204 Å². The van der Waals surface area contributed by atoms with E-state index in [9.17, 15) is 14.0 Å². The van der Waals surface area contributed by atoms with Crippen molar-refractivity contribution in [3.05, 3.63) is 124 Å². The van der Waals surface area contributed by atoms with E-state index in [1.807, 2.05) is 56.3 Å². The molecule has 2 atom stereocenters. The summed E-state index contributed by atoms with van der Waals surface area (Å²) in [5, 5.41) is 6.31. The highest BCUT2D eigenvalue weighted by atomic mass is 19.1. The SMILES string of the molecule is CC1=C(C(=O)Nc2ccc(F)cc2)[C@@H](c2ccccc2C)C2=C(C[C@@H](c3ccccc3)CC2=O)N1. The summed E-state index contributed by atoms with van der Waals surface area (Å²) < 4.78 is 13.4. The number of carbonyl (C=O) groups is 2. The summed E-state index contributed by atoms with van der Waals surface area (Å²) in [6.07, 6.45) is 1.11. The van der Waals surface area contributed by atoms with Crippen LogP contribution in [-0.4, -0.2) is 11.7 Å². The molecule has 3 aromatic carbocycles. The Morgan fingerprint density at radius 2 is 1.60 bits per heavy atom. The average molecular weight is 467 g/mol. The predicted molar refractivity (Wildman–Crippen MR) is 135 cm³/mol. The summed E-state index contributed by atoms with van der Waals surface area (Å²) in [4.78, 5) is 27.3. The third kappa shape index (κ3) is 4.42. The number of carbonyl (C=O) groups excluding carboxylic acids is 2. The summed E-state index contributed by atoms with van der Waals surface area (Å²) in [5.74, 6) is -1.00. The molecule has 0 bridgehead atoms. The number of rotatable bonds is 4. The molecule has 5 rings (SSSR count). The maximum absolute atomic E-state index is 13.7. The van der Waals surface area contributed by atoms with Crippen molar-refractivity contribution in [2.24, 2.45) is 0 Å². The Morgan fingerprint density at radius 3 is 2.31 bits per heavy atom. The van der Waals surface area contributed by atoms with Crippen molar-refractivity contribution in [3.63, 3.8) is 0 Å². The number of allylic oxidation sites excluding steroid dienone is 3. The van der Waals surface area contributed by atoms with Crippen molar-refractivity contribution in [2.45, 2.75) is 38.5 Å². The van der Waals surface area contributed by atoms with Gasteiger partial charge in [-0.1, -0.05) is 54.6 Å².